The second-order valence-electron chi connectivity index (χ2n) is 9.95. The number of likely N-dealkylation sites (tertiary alicyclic amines) is 1. The second kappa shape index (κ2) is 10.3. The van der Waals surface area contributed by atoms with E-state index in [1.165, 1.54) is 44.5 Å². The van der Waals surface area contributed by atoms with E-state index in [0.29, 0.717) is 6.42 Å². The SMILES string of the molecule is Cc1cc(C2=C(c3ccc(F)cc3C)CCCc3ccccc32)ccc1C=C1CN(CCCF)C1. The number of allylic oxidation sites excluding steroid dienone is 1. The molecule has 1 aliphatic heterocycles. The Morgan fingerprint density at radius 2 is 1.71 bits per heavy atom. The monoisotopic (exact) mass is 469 g/mol. The van der Waals surface area contributed by atoms with Gasteiger partial charge in [0, 0.05) is 19.6 Å². The van der Waals surface area contributed by atoms with Crippen molar-refractivity contribution in [3.8, 4) is 0 Å². The summed E-state index contributed by atoms with van der Waals surface area (Å²) in [5, 5.41) is 0. The van der Waals surface area contributed by atoms with Gasteiger partial charge in [0.05, 0.1) is 6.67 Å². The maximum Gasteiger partial charge on any atom is 0.123 e. The average Bonchev–Trinajstić information content (AvgIpc) is 3.01. The number of aryl methyl sites for hydroxylation is 3. The van der Waals surface area contributed by atoms with Crippen molar-refractivity contribution in [3.63, 3.8) is 0 Å². The van der Waals surface area contributed by atoms with Gasteiger partial charge in [-0.25, -0.2) is 4.39 Å². The molecular weight excluding hydrogens is 436 g/mol. The molecule has 0 amide bonds. The molecule has 0 N–H and O–H groups in total. The molecule has 1 fully saturated rings. The van der Waals surface area contributed by atoms with Crippen molar-refractivity contribution in [1.82, 2.24) is 4.90 Å². The number of rotatable bonds is 6. The van der Waals surface area contributed by atoms with E-state index in [0.717, 1.165) is 50.0 Å². The Bertz CT molecular complexity index is 1290. The summed E-state index contributed by atoms with van der Waals surface area (Å²) in [4.78, 5) is 2.29. The zero-order valence-electron chi connectivity index (χ0n) is 20.7. The van der Waals surface area contributed by atoms with E-state index in [9.17, 15) is 8.78 Å². The third-order valence-electron chi connectivity index (χ3n) is 7.35. The van der Waals surface area contributed by atoms with E-state index in [1.807, 2.05) is 13.0 Å². The lowest BCUT2D eigenvalue weighted by molar-refractivity contribution is 0.239. The average molecular weight is 470 g/mol. The molecule has 1 saturated heterocycles. The van der Waals surface area contributed by atoms with Gasteiger partial charge in [-0.3, -0.25) is 9.29 Å². The van der Waals surface area contributed by atoms with Crippen LogP contribution in [0.15, 0.2) is 66.2 Å². The third kappa shape index (κ3) is 5.01. The molecule has 35 heavy (non-hydrogen) atoms. The normalized spacial score (nSPS) is 16.1. The van der Waals surface area contributed by atoms with Crippen molar-refractivity contribution in [3.05, 3.63) is 111 Å². The van der Waals surface area contributed by atoms with Crippen molar-refractivity contribution in [2.45, 2.75) is 39.5 Å². The van der Waals surface area contributed by atoms with Crippen molar-refractivity contribution in [2.75, 3.05) is 26.3 Å². The van der Waals surface area contributed by atoms with Gasteiger partial charge >= 0.3 is 0 Å². The highest BCUT2D eigenvalue weighted by Crippen LogP contribution is 2.41. The molecule has 3 aromatic rings. The van der Waals surface area contributed by atoms with E-state index in [-0.39, 0.29) is 12.5 Å². The molecule has 0 spiro atoms. The quantitative estimate of drug-likeness (QED) is 0.356. The maximum atomic E-state index is 13.9. The first-order valence-electron chi connectivity index (χ1n) is 12.7. The molecule has 0 unspecified atom stereocenters. The molecule has 2 aliphatic rings. The van der Waals surface area contributed by atoms with Crippen LogP contribution in [-0.2, 0) is 6.42 Å². The van der Waals surface area contributed by atoms with Crippen LogP contribution < -0.4 is 0 Å². The lowest BCUT2D eigenvalue weighted by atomic mass is 9.85. The van der Waals surface area contributed by atoms with Gasteiger partial charge in [-0.05, 0) is 107 Å². The predicted octanol–water partition coefficient (Wildman–Crippen LogP) is 7.80. The first-order chi connectivity index (χ1) is 17.0. The summed E-state index contributed by atoms with van der Waals surface area (Å²) < 4.78 is 26.4. The summed E-state index contributed by atoms with van der Waals surface area (Å²) in [6.07, 6.45) is 6.01. The van der Waals surface area contributed by atoms with Crippen LogP contribution in [0.4, 0.5) is 8.78 Å². The third-order valence-corrected chi connectivity index (χ3v) is 7.35. The molecule has 1 aliphatic carbocycles. The van der Waals surface area contributed by atoms with E-state index in [1.54, 1.807) is 12.1 Å². The van der Waals surface area contributed by atoms with Gasteiger partial charge in [0.25, 0.3) is 0 Å². The topological polar surface area (TPSA) is 3.24 Å². The smallest absolute Gasteiger partial charge is 0.123 e. The fourth-order valence-electron chi connectivity index (χ4n) is 5.56. The van der Waals surface area contributed by atoms with Gasteiger partial charge < -0.3 is 0 Å². The molecule has 0 saturated carbocycles. The van der Waals surface area contributed by atoms with Crippen LogP contribution in [0.1, 0.15) is 58.2 Å². The van der Waals surface area contributed by atoms with E-state index >= 15 is 0 Å². The molecule has 3 heteroatoms. The van der Waals surface area contributed by atoms with Crippen LogP contribution in [0.3, 0.4) is 0 Å². The highest BCUT2D eigenvalue weighted by molar-refractivity contribution is 6.00. The highest BCUT2D eigenvalue weighted by atomic mass is 19.1. The van der Waals surface area contributed by atoms with Crippen molar-refractivity contribution in [1.29, 1.82) is 0 Å². The molecule has 5 rings (SSSR count). The number of nitrogens with zero attached hydrogens (tertiary/aromatic N) is 1. The molecule has 1 heterocycles. The first kappa shape index (κ1) is 23.7. The number of alkyl halides is 1. The number of hydrogen-bond donors (Lipinski definition) is 0. The summed E-state index contributed by atoms with van der Waals surface area (Å²) in [6.45, 7) is 6.66. The van der Waals surface area contributed by atoms with Crippen molar-refractivity contribution >= 4 is 17.2 Å². The number of benzene rings is 3. The summed E-state index contributed by atoms with van der Waals surface area (Å²) in [5.41, 5.74) is 12.5. The molecule has 180 valence electrons. The fourth-order valence-corrected chi connectivity index (χ4v) is 5.56. The molecule has 3 aromatic carbocycles. The zero-order valence-corrected chi connectivity index (χ0v) is 20.7. The molecular formula is C32H33F2N. The summed E-state index contributed by atoms with van der Waals surface area (Å²) >= 11 is 0. The molecule has 1 nitrogen and oxygen atoms in total. The van der Waals surface area contributed by atoms with Crippen molar-refractivity contribution in [2.24, 2.45) is 0 Å². The number of fused-ring (bicyclic) bond motifs is 1. The fraction of sp³-hybridized carbons (Fsp3) is 0.312. The van der Waals surface area contributed by atoms with Crippen LogP contribution in [0, 0.1) is 19.7 Å². The summed E-state index contributed by atoms with van der Waals surface area (Å²) in [7, 11) is 0. The van der Waals surface area contributed by atoms with Crippen molar-refractivity contribution < 1.29 is 8.78 Å². The highest BCUT2D eigenvalue weighted by Gasteiger charge is 2.22. The lowest BCUT2D eigenvalue weighted by Gasteiger charge is -2.34. The van der Waals surface area contributed by atoms with Crippen LogP contribution >= 0.6 is 0 Å². The largest absolute Gasteiger partial charge is 0.295 e. The minimum Gasteiger partial charge on any atom is -0.295 e. The van der Waals surface area contributed by atoms with Gasteiger partial charge in [-0.15, -0.1) is 0 Å². The van der Waals surface area contributed by atoms with Crippen LogP contribution in [-0.4, -0.2) is 31.2 Å². The van der Waals surface area contributed by atoms with Gasteiger partial charge in [0.1, 0.15) is 5.82 Å². The minimum absolute atomic E-state index is 0.185. The van der Waals surface area contributed by atoms with E-state index < -0.39 is 0 Å². The van der Waals surface area contributed by atoms with Gasteiger partial charge in [-0.2, -0.15) is 0 Å². The molecule has 0 aromatic heterocycles. The second-order valence-corrected chi connectivity index (χ2v) is 9.95. The standard InChI is InChI=1S/C32H33F2N/c1-22-17-27(12-11-26(22)19-24-20-35(21-24)16-6-15-33)32-30-9-4-3-7-25(30)8-5-10-31(32)29-14-13-28(34)18-23(29)2/h3-4,7,9,11-14,17-19H,5-6,8,10,15-16,20-21H2,1-2H3. The van der Waals surface area contributed by atoms with Crippen LogP contribution in [0.5, 0.6) is 0 Å². The van der Waals surface area contributed by atoms with Gasteiger partial charge in [0.15, 0.2) is 0 Å². The molecule has 0 atom stereocenters. The Labute approximate surface area is 207 Å². The predicted molar refractivity (Wildman–Crippen MR) is 143 cm³/mol. The van der Waals surface area contributed by atoms with E-state index in [2.05, 4.69) is 60.4 Å². The van der Waals surface area contributed by atoms with Crippen LogP contribution in [0.25, 0.3) is 17.2 Å². The Kier molecular flexibility index (Phi) is 6.97. The van der Waals surface area contributed by atoms with Crippen LogP contribution in [0.2, 0.25) is 0 Å². The Morgan fingerprint density at radius 1 is 0.886 bits per heavy atom. The first-order valence-corrected chi connectivity index (χ1v) is 12.7. The summed E-state index contributed by atoms with van der Waals surface area (Å²) in [6, 6.07) is 20.7. The number of hydrogen-bond acceptors (Lipinski definition) is 1. The Morgan fingerprint density at radius 3 is 2.49 bits per heavy atom. The lowest BCUT2D eigenvalue weighted by Crippen LogP contribution is -2.40. The van der Waals surface area contributed by atoms with Gasteiger partial charge in [0.2, 0.25) is 0 Å². The number of halogens is 2. The Balaban J connectivity index is 1.56. The van der Waals surface area contributed by atoms with E-state index in [4.69, 9.17) is 0 Å². The maximum absolute atomic E-state index is 13.9. The van der Waals surface area contributed by atoms with Gasteiger partial charge in [-0.1, -0.05) is 54.6 Å². The Hall–Kier alpha value is -3.04. The molecule has 0 radical (unpaired) electrons. The minimum atomic E-state index is -0.242. The molecule has 0 bridgehead atoms. The zero-order chi connectivity index (χ0) is 24.4. The summed E-state index contributed by atoms with van der Waals surface area (Å²) in [5.74, 6) is -0.185.